The van der Waals surface area contributed by atoms with Crippen LogP contribution < -0.4 is 15.1 Å². The van der Waals surface area contributed by atoms with E-state index in [-0.39, 0.29) is 11.9 Å². The van der Waals surface area contributed by atoms with E-state index in [4.69, 9.17) is 29.2 Å². The second-order valence-corrected chi connectivity index (χ2v) is 9.01. The van der Waals surface area contributed by atoms with Crippen LogP contribution in [0.15, 0.2) is 30.6 Å². The van der Waals surface area contributed by atoms with Crippen molar-refractivity contribution in [3.05, 3.63) is 47.8 Å². The van der Waals surface area contributed by atoms with E-state index < -0.39 is 6.09 Å². The summed E-state index contributed by atoms with van der Waals surface area (Å²) in [5.41, 5.74) is 2.48. The van der Waals surface area contributed by atoms with Gasteiger partial charge in [-0.05, 0) is 32.0 Å². The molecule has 33 heavy (non-hydrogen) atoms. The van der Waals surface area contributed by atoms with Crippen molar-refractivity contribution < 1.29 is 13.9 Å². The van der Waals surface area contributed by atoms with Gasteiger partial charge < -0.3 is 19.9 Å². The molecule has 1 aromatic carbocycles. The van der Waals surface area contributed by atoms with Gasteiger partial charge in [-0.25, -0.2) is 9.18 Å². The van der Waals surface area contributed by atoms with Gasteiger partial charge >= 0.3 is 6.09 Å². The second-order valence-electron chi connectivity index (χ2n) is 8.01. The first-order chi connectivity index (χ1) is 15.8. The Morgan fingerprint density at radius 2 is 1.97 bits per heavy atom. The number of halogens is 1. The Balaban J connectivity index is 1.37. The first-order valence-electron chi connectivity index (χ1n) is 10.7. The van der Waals surface area contributed by atoms with Crippen molar-refractivity contribution in [1.82, 2.24) is 20.2 Å². The summed E-state index contributed by atoms with van der Waals surface area (Å²) in [7, 11) is 0. The zero-order valence-corrected chi connectivity index (χ0v) is 20.1. The van der Waals surface area contributed by atoms with Crippen LogP contribution in [0.5, 0.6) is 0 Å². The minimum Gasteiger partial charge on any atom is -0.442 e. The highest BCUT2D eigenvalue weighted by Crippen LogP contribution is 2.28. The number of carbonyl (C=O) groups excluding carboxylic acids is 1. The summed E-state index contributed by atoms with van der Waals surface area (Å²) in [6.07, 6.45) is 2.55. The van der Waals surface area contributed by atoms with Crippen molar-refractivity contribution in [2.24, 2.45) is 0 Å². The van der Waals surface area contributed by atoms with Gasteiger partial charge in [0, 0.05) is 32.4 Å². The Morgan fingerprint density at radius 1 is 1.21 bits per heavy atom. The number of amides is 1. The summed E-state index contributed by atoms with van der Waals surface area (Å²) < 4.78 is 20.4. The molecule has 3 heterocycles. The van der Waals surface area contributed by atoms with Crippen molar-refractivity contribution in [2.75, 3.05) is 49.1 Å². The number of ether oxygens (including phenoxy) is 1. The number of piperazine rings is 1. The van der Waals surface area contributed by atoms with Gasteiger partial charge in [-0.2, -0.15) is 0 Å². The average molecular weight is 489 g/mol. The largest absolute Gasteiger partial charge is 0.442 e. The molecule has 2 aromatic rings. The van der Waals surface area contributed by atoms with E-state index in [9.17, 15) is 4.79 Å². The number of nitrogens with zero attached hydrogens (tertiary/aromatic N) is 5. The Labute approximate surface area is 202 Å². The number of carbonyl (C=O) groups is 1. The highest BCUT2D eigenvalue weighted by atomic mass is 32.1. The zero-order valence-electron chi connectivity index (χ0n) is 18.5. The number of hydrogen-bond donors (Lipinski definition) is 1. The normalized spacial score (nSPS) is 18.3. The Bertz CT molecular complexity index is 1060. The van der Waals surface area contributed by atoms with Crippen LogP contribution in [0.3, 0.4) is 0 Å². The quantitative estimate of drug-likeness (QED) is 0.640. The van der Waals surface area contributed by atoms with E-state index in [1.54, 1.807) is 31.5 Å². The van der Waals surface area contributed by atoms with Gasteiger partial charge in [-0.3, -0.25) is 14.9 Å². The molecule has 0 aliphatic carbocycles. The lowest BCUT2D eigenvalue weighted by atomic mass is 10.2. The Hall–Kier alpha value is -2.92. The van der Waals surface area contributed by atoms with Gasteiger partial charge in [0.2, 0.25) is 0 Å². The smallest absolute Gasteiger partial charge is 0.414 e. The number of nitrogens with one attached hydrogen (secondary N) is 1. The molecule has 2 aliphatic heterocycles. The maximum atomic E-state index is 15.0. The second kappa shape index (κ2) is 9.92. The van der Waals surface area contributed by atoms with Gasteiger partial charge in [0.15, 0.2) is 0 Å². The Kier molecular flexibility index (Phi) is 6.99. The van der Waals surface area contributed by atoms with Crippen LogP contribution in [0.4, 0.5) is 20.6 Å². The zero-order chi connectivity index (χ0) is 23.5. The van der Waals surface area contributed by atoms with Crippen molar-refractivity contribution in [1.29, 1.82) is 0 Å². The van der Waals surface area contributed by atoms with E-state index in [2.05, 4.69) is 20.2 Å². The molecule has 0 bridgehead atoms. The summed E-state index contributed by atoms with van der Waals surface area (Å²) in [5, 5.41) is 2.99. The standard InChI is InChI=1S/C22H25FN6O2S2/c1-14-10-26-19(12-24-14)21(33)28-7-5-27(6-8-28)20-4-3-16(9-18(20)23)29-13-17(31-22(29)30)11-25-15(2)32/h3-4,9-10,12,17H,5-8,11,13H2,1-2H3,(H,25,32). The van der Waals surface area contributed by atoms with Crippen LogP contribution in [-0.2, 0) is 4.74 Å². The molecule has 2 fully saturated rings. The lowest BCUT2D eigenvalue weighted by Crippen LogP contribution is -2.49. The highest BCUT2D eigenvalue weighted by Gasteiger charge is 2.33. The summed E-state index contributed by atoms with van der Waals surface area (Å²) in [4.78, 5) is 27.6. The number of hydrogen-bond acceptors (Lipinski definition) is 7. The number of aryl methyl sites for hydroxylation is 1. The first kappa shape index (κ1) is 23.2. The maximum absolute atomic E-state index is 15.0. The number of anilines is 2. The summed E-state index contributed by atoms with van der Waals surface area (Å²) in [6.45, 7) is 6.96. The SMILES string of the molecule is CC(=S)NCC1CN(c2ccc(N3CCN(C(=S)c4cnc(C)cn4)CC3)c(F)c2)C(=O)O1. The molecule has 1 aromatic heterocycles. The fourth-order valence-corrected chi connectivity index (χ4v) is 4.20. The molecule has 8 nitrogen and oxygen atoms in total. The molecule has 1 unspecified atom stereocenters. The predicted octanol–water partition coefficient (Wildman–Crippen LogP) is 2.68. The molecule has 174 valence electrons. The molecule has 11 heteroatoms. The Morgan fingerprint density at radius 3 is 2.61 bits per heavy atom. The van der Waals surface area contributed by atoms with Gasteiger partial charge in [0.05, 0.1) is 41.3 Å². The van der Waals surface area contributed by atoms with E-state index in [0.29, 0.717) is 66.3 Å². The number of rotatable bonds is 5. The van der Waals surface area contributed by atoms with Crippen LogP contribution in [0.1, 0.15) is 18.3 Å². The topological polar surface area (TPSA) is 73.8 Å². The van der Waals surface area contributed by atoms with E-state index in [0.717, 1.165) is 5.69 Å². The number of benzene rings is 1. The fourth-order valence-electron chi connectivity index (χ4n) is 3.83. The van der Waals surface area contributed by atoms with Gasteiger partial charge in [0.1, 0.15) is 22.6 Å². The summed E-state index contributed by atoms with van der Waals surface area (Å²) >= 11 is 10.6. The van der Waals surface area contributed by atoms with Crippen LogP contribution in [0, 0.1) is 12.7 Å². The van der Waals surface area contributed by atoms with Gasteiger partial charge in [-0.15, -0.1) is 0 Å². The first-order valence-corrected chi connectivity index (χ1v) is 11.5. The molecule has 2 saturated heterocycles. The van der Waals surface area contributed by atoms with Crippen molar-refractivity contribution in [3.8, 4) is 0 Å². The third-order valence-electron chi connectivity index (χ3n) is 5.60. The highest BCUT2D eigenvalue weighted by molar-refractivity contribution is 7.80. The van der Waals surface area contributed by atoms with Gasteiger partial charge in [-0.1, -0.05) is 24.4 Å². The molecule has 0 spiro atoms. The number of thiocarbonyl (C=S) groups is 2. The maximum Gasteiger partial charge on any atom is 0.414 e. The van der Waals surface area contributed by atoms with Crippen LogP contribution in [-0.4, -0.2) is 76.3 Å². The molecule has 0 radical (unpaired) electrons. The molecule has 0 saturated carbocycles. The summed E-state index contributed by atoms with van der Waals surface area (Å²) in [6, 6.07) is 4.85. The van der Waals surface area contributed by atoms with E-state index in [1.807, 2.05) is 11.8 Å². The molecular weight excluding hydrogens is 463 g/mol. The third kappa shape index (κ3) is 5.36. The van der Waals surface area contributed by atoms with Crippen molar-refractivity contribution in [2.45, 2.75) is 20.0 Å². The number of cyclic esters (lactones) is 1. The minimum atomic E-state index is -0.489. The van der Waals surface area contributed by atoms with E-state index in [1.165, 1.54) is 11.0 Å². The monoisotopic (exact) mass is 488 g/mol. The summed E-state index contributed by atoms with van der Waals surface area (Å²) in [5.74, 6) is -0.378. The number of aromatic nitrogens is 2. The average Bonchev–Trinajstić information content (AvgIpc) is 3.18. The predicted molar refractivity (Wildman–Crippen MR) is 133 cm³/mol. The lowest BCUT2D eigenvalue weighted by molar-refractivity contribution is 0.143. The van der Waals surface area contributed by atoms with Crippen LogP contribution >= 0.6 is 24.4 Å². The van der Waals surface area contributed by atoms with E-state index >= 15 is 4.39 Å². The molecule has 1 amide bonds. The third-order valence-corrected chi connectivity index (χ3v) is 6.21. The lowest BCUT2D eigenvalue weighted by Gasteiger charge is -2.37. The minimum absolute atomic E-state index is 0.339. The fraction of sp³-hybridized carbons (Fsp3) is 0.409. The van der Waals surface area contributed by atoms with Crippen LogP contribution in [0.25, 0.3) is 0 Å². The molecule has 4 rings (SSSR count). The molecule has 1 atom stereocenters. The molecule has 2 aliphatic rings. The molecule has 1 N–H and O–H groups in total. The van der Waals surface area contributed by atoms with Gasteiger partial charge in [0.25, 0.3) is 0 Å². The molecular formula is C22H25FN6O2S2. The van der Waals surface area contributed by atoms with Crippen molar-refractivity contribution >= 4 is 51.9 Å². The van der Waals surface area contributed by atoms with Crippen molar-refractivity contribution in [3.63, 3.8) is 0 Å². The van der Waals surface area contributed by atoms with Crippen LogP contribution in [0.2, 0.25) is 0 Å².